The van der Waals surface area contributed by atoms with Gasteiger partial charge in [-0.15, -0.1) is 0 Å². The predicted molar refractivity (Wildman–Crippen MR) is 88.3 cm³/mol. The van der Waals surface area contributed by atoms with Crippen molar-refractivity contribution in [2.75, 3.05) is 20.2 Å². The molecule has 10 nitrogen and oxygen atoms in total. The minimum absolute atomic E-state index is 0.137. The zero-order valence-corrected chi connectivity index (χ0v) is 14.4. The maximum Gasteiger partial charge on any atom is 0.388 e. The first-order valence-electron chi connectivity index (χ1n) is 6.86. The number of para-hydroxylation sites is 1. The third-order valence-corrected chi connectivity index (χ3v) is 3.94. The Hall–Kier alpha value is -2.02. The Bertz CT molecular complexity index is 625. The normalized spacial score (nSPS) is 10.5. The zero-order valence-electron chi connectivity index (χ0n) is 13.6. The van der Waals surface area contributed by atoms with Crippen molar-refractivity contribution in [2.24, 2.45) is 0 Å². The van der Waals surface area contributed by atoms with Crippen LogP contribution in [0.3, 0.4) is 0 Å². The van der Waals surface area contributed by atoms with Crippen LogP contribution in [0.4, 0.5) is 5.69 Å². The molecule has 1 aromatic carbocycles. The zero-order chi connectivity index (χ0) is 18.8. The third-order valence-electron chi connectivity index (χ3n) is 2.35. The molecule has 0 radical (unpaired) electrons. The van der Waals surface area contributed by atoms with Gasteiger partial charge in [-0.25, -0.2) is 4.63 Å². The van der Waals surface area contributed by atoms with Crippen molar-refractivity contribution >= 4 is 28.9 Å². The van der Waals surface area contributed by atoms with Crippen molar-refractivity contribution in [3.8, 4) is 0 Å². The van der Waals surface area contributed by atoms with E-state index in [4.69, 9.17) is 5.02 Å². The minimum atomic E-state index is -3.84. The summed E-state index contributed by atoms with van der Waals surface area (Å²) >= 11 is 0. The van der Waals surface area contributed by atoms with Gasteiger partial charge in [0.1, 0.15) is 6.54 Å². The van der Waals surface area contributed by atoms with Gasteiger partial charge in [0.2, 0.25) is 0 Å². The van der Waals surface area contributed by atoms with Crippen molar-refractivity contribution in [1.82, 2.24) is 8.94 Å². The molecule has 0 aliphatic carbocycles. The molecule has 2 N–H and O–H groups in total. The molecule has 0 aromatic heterocycles. The Balaban J connectivity index is 0.000000496. The molecule has 0 saturated carbocycles. The summed E-state index contributed by atoms with van der Waals surface area (Å²) in [4.78, 5) is 20.6. The van der Waals surface area contributed by atoms with Crippen LogP contribution in [0.15, 0.2) is 30.3 Å². The number of ether oxygens (including phenoxy) is 1. The molecule has 0 saturated heterocycles. The number of rotatable bonds is 7. The lowest BCUT2D eigenvalue weighted by atomic mass is 9.92. The topological polar surface area (TPSA) is 139 Å². The van der Waals surface area contributed by atoms with Crippen LogP contribution < -0.4 is 4.63 Å². The highest BCUT2D eigenvalue weighted by Crippen LogP contribution is 2.06. The number of carbonyl (C=O) groups excluding carboxylic acids is 1. The van der Waals surface area contributed by atoms with E-state index in [1.165, 1.54) is 26.0 Å². The molecule has 0 amide bonds. The van der Waals surface area contributed by atoms with E-state index in [2.05, 4.69) is 4.74 Å². The van der Waals surface area contributed by atoms with Gasteiger partial charge in [0.25, 0.3) is 15.9 Å². The number of non-ortho nitro benzene ring substituents is 1. The molecule has 1 rings (SSSR count). The summed E-state index contributed by atoms with van der Waals surface area (Å²) in [7, 11) is -3.84. The maximum absolute atomic E-state index is 11.3. The van der Waals surface area contributed by atoms with Gasteiger partial charge in [-0.2, -0.15) is 12.7 Å². The molecule has 0 heterocycles. The van der Waals surface area contributed by atoms with Gasteiger partial charge in [0.05, 0.1) is 11.5 Å². The van der Waals surface area contributed by atoms with E-state index in [1.807, 2.05) is 4.63 Å². The summed E-state index contributed by atoms with van der Waals surface area (Å²) in [5.41, 5.74) is 0.137. The molecule has 0 atom stereocenters. The van der Waals surface area contributed by atoms with Crippen molar-refractivity contribution in [3.63, 3.8) is 0 Å². The van der Waals surface area contributed by atoms with Gasteiger partial charge in [-0.05, 0) is 13.7 Å². The number of esters is 1. The van der Waals surface area contributed by atoms with E-state index in [1.54, 1.807) is 25.1 Å². The van der Waals surface area contributed by atoms with Gasteiger partial charge in [-0.1, -0.05) is 18.2 Å². The lowest BCUT2D eigenvalue weighted by Gasteiger charge is -2.16. The van der Waals surface area contributed by atoms with Crippen LogP contribution in [0.25, 0.3) is 0 Å². The van der Waals surface area contributed by atoms with Crippen LogP contribution in [0.5, 0.6) is 0 Å². The monoisotopic (exact) mass is 361 g/mol. The van der Waals surface area contributed by atoms with Gasteiger partial charge < -0.3 is 9.76 Å². The lowest BCUT2D eigenvalue weighted by Crippen LogP contribution is -2.46. The van der Waals surface area contributed by atoms with E-state index < -0.39 is 34.7 Å². The van der Waals surface area contributed by atoms with Gasteiger partial charge in [0, 0.05) is 19.2 Å². The second-order valence-electron chi connectivity index (χ2n) is 4.45. The molecule has 0 fully saturated rings. The minimum Gasteiger partial charge on any atom is -0.465 e. The van der Waals surface area contributed by atoms with Crippen molar-refractivity contribution < 1.29 is 27.9 Å². The van der Waals surface area contributed by atoms with Crippen LogP contribution in [-0.4, -0.2) is 55.9 Å². The van der Waals surface area contributed by atoms with E-state index in [0.29, 0.717) is 0 Å². The van der Waals surface area contributed by atoms with Gasteiger partial charge in [0.15, 0.2) is 0 Å². The smallest absolute Gasteiger partial charge is 0.388 e. The first-order chi connectivity index (χ1) is 11.1. The predicted octanol–water partition coefficient (Wildman–Crippen LogP) is 0.0208. The standard InChI is InChI=1S/C6H15BN2O5S.C6H5NO2/c1-4-14-6(10)5-9(3)15(12,13)8-7(2)11;8-7(9)6-4-2-1-3-5-6/h8,11H,4-5H2,1-3H3;1-5H. The lowest BCUT2D eigenvalue weighted by molar-refractivity contribution is -0.384. The molecule has 0 bridgehead atoms. The molecule has 0 aliphatic heterocycles. The van der Waals surface area contributed by atoms with Gasteiger partial charge in [-0.3, -0.25) is 14.9 Å². The highest BCUT2D eigenvalue weighted by molar-refractivity contribution is 7.88. The second-order valence-corrected chi connectivity index (χ2v) is 6.26. The van der Waals surface area contributed by atoms with Gasteiger partial charge >= 0.3 is 13.0 Å². The fourth-order valence-electron chi connectivity index (χ4n) is 1.33. The van der Waals surface area contributed by atoms with Crippen molar-refractivity contribution in [2.45, 2.75) is 13.7 Å². The van der Waals surface area contributed by atoms with E-state index in [0.717, 1.165) is 4.31 Å². The van der Waals surface area contributed by atoms with Crippen LogP contribution in [0, 0.1) is 10.1 Å². The second kappa shape index (κ2) is 10.7. The summed E-state index contributed by atoms with van der Waals surface area (Å²) in [6.45, 7) is 2.68. The van der Waals surface area contributed by atoms with Crippen LogP contribution in [0.2, 0.25) is 6.82 Å². The molecule has 0 unspecified atom stereocenters. The summed E-state index contributed by atoms with van der Waals surface area (Å²) < 4.78 is 29.9. The number of carbonyl (C=O) groups is 1. The summed E-state index contributed by atoms with van der Waals surface area (Å²) in [6, 6.07) is 7.93. The highest BCUT2D eigenvalue weighted by atomic mass is 32.2. The maximum atomic E-state index is 11.3. The highest BCUT2D eigenvalue weighted by Gasteiger charge is 2.23. The van der Waals surface area contributed by atoms with Crippen LogP contribution >= 0.6 is 0 Å². The molecular formula is C12H20BN3O7S. The number of nitro groups is 1. The number of hydrogen-bond acceptors (Lipinski definition) is 7. The summed E-state index contributed by atoms with van der Waals surface area (Å²) in [6.07, 6.45) is 0. The Morgan fingerprint density at radius 1 is 1.42 bits per heavy atom. The fourth-order valence-corrected chi connectivity index (χ4v) is 2.22. The molecule has 134 valence electrons. The number of likely N-dealkylation sites (N-methyl/N-ethyl adjacent to an activating group) is 1. The average molecular weight is 361 g/mol. The Labute approximate surface area is 140 Å². The Morgan fingerprint density at radius 2 is 1.96 bits per heavy atom. The van der Waals surface area contributed by atoms with E-state index >= 15 is 0 Å². The number of nitro benzene ring substituents is 1. The van der Waals surface area contributed by atoms with Crippen LogP contribution in [0.1, 0.15) is 6.92 Å². The van der Waals surface area contributed by atoms with E-state index in [-0.39, 0.29) is 12.3 Å². The molecule has 0 aliphatic rings. The molecular weight excluding hydrogens is 341 g/mol. The fraction of sp³-hybridized carbons (Fsp3) is 0.417. The Morgan fingerprint density at radius 3 is 2.33 bits per heavy atom. The quantitative estimate of drug-likeness (QED) is 0.302. The van der Waals surface area contributed by atoms with Crippen molar-refractivity contribution in [1.29, 1.82) is 0 Å². The molecule has 24 heavy (non-hydrogen) atoms. The van der Waals surface area contributed by atoms with Crippen LogP contribution in [-0.2, 0) is 19.7 Å². The third kappa shape index (κ3) is 9.20. The Kier molecular flexibility index (Phi) is 9.80. The molecule has 0 spiro atoms. The first-order valence-corrected chi connectivity index (χ1v) is 8.30. The summed E-state index contributed by atoms with van der Waals surface area (Å²) in [5, 5.41) is 18.8. The summed E-state index contributed by atoms with van der Waals surface area (Å²) in [5.74, 6) is -0.643. The molecule has 12 heteroatoms. The average Bonchev–Trinajstić information content (AvgIpc) is 2.47. The number of benzene rings is 1. The SMILES string of the molecule is CCOC(=O)CN(C)S(=O)(=O)NB(C)O.O=[N+]([O-])c1ccccc1. The number of hydrogen-bond donors (Lipinski definition) is 2. The number of nitrogens with zero attached hydrogens (tertiary/aromatic N) is 2. The molecule has 1 aromatic rings. The largest absolute Gasteiger partial charge is 0.465 e. The van der Waals surface area contributed by atoms with E-state index in [9.17, 15) is 23.3 Å². The first kappa shape index (κ1) is 22.0. The number of nitrogens with one attached hydrogen (secondary N) is 1. The van der Waals surface area contributed by atoms with Crippen molar-refractivity contribution in [3.05, 3.63) is 40.4 Å².